The molecule has 24 heavy (non-hydrogen) atoms. The number of esters is 1. The number of aryl methyl sites for hydroxylation is 1. The largest absolute Gasteiger partial charge is 0.464 e. The molecule has 5 heteroatoms. The molecule has 1 unspecified atom stereocenters. The molecule has 1 atom stereocenters. The molecule has 0 aliphatic rings. The van der Waals surface area contributed by atoms with Crippen molar-refractivity contribution in [3.05, 3.63) is 60.2 Å². The van der Waals surface area contributed by atoms with Crippen LogP contribution in [0.25, 0.3) is 10.2 Å². The summed E-state index contributed by atoms with van der Waals surface area (Å²) in [4.78, 5) is 16.8. The van der Waals surface area contributed by atoms with Gasteiger partial charge in [0.2, 0.25) is 0 Å². The van der Waals surface area contributed by atoms with Crippen molar-refractivity contribution in [3.8, 4) is 0 Å². The molecule has 0 amide bonds. The van der Waals surface area contributed by atoms with Gasteiger partial charge in [-0.3, -0.25) is 0 Å². The van der Waals surface area contributed by atoms with Gasteiger partial charge in [-0.15, -0.1) is 0 Å². The Hall–Kier alpha value is -2.40. The number of hydrogen-bond donors (Lipinski definition) is 1. The highest BCUT2D eigenvalue weighted by molar-refractivity contribution is 7.22. The Labute approximate surface area is 145 Å². The van der Waals surface area contributed by atoms with E-state index in [1.165, 1.54) is 5.56 Å². The first-order valence-corrected chi connectivity index (χ1v) is 8.90. The Bertz CT molecular complexity index is 768. The number of fused-ring (bicyclic) bond motifs is 1. The maximum Gasteiger partial charge on any atom is 0.328 e. The minimum absolute atomic E-state index is 0.229. The predicted molar refractivity (Wildman–Crippen MR) is 98.4 cm³/mol. The summed E-state index contributed by atoms with van der Waals surface area (Å²) in [6.45, 7) is 2.20. The van der Waals surface area contributed by atoms with Crippen LogP contribution in [0.1, 0.15) is 18.9 Å². The normalized spacial score (nSPS) is 12.0. The van der Waals surface area contributed by atoms with Crippen LogP contribution in [-0.4, -0.2) is 23.6 Å². The topological polar surface area (TPSA) is 51.2 Å². The number of nitrogens with one attached hydrogen (secondary N) is 1. The van der Waals surface area contributed by atoms with Gasteiger partial charge in [-0.25, -0.2) is 9.78 Å². The van der Waals surface area contributed by atoms with Gasteiger partial charge >= 0.3 is 5.97 Å². The van der Waals surface area contributed by atoms with E-state index in [1.807, 2.05) is 49.4 Å². The lowest BCUT2D eigenvalue weighted by Crippen LogP contribution is -2.32. The van der Waals surface area contributed by atoms with Crippen molar-refractivity contribution in [2.75, 3.05) is 11.9 Å². The molecule has 3 rings (SSSR count). The summed E-state index contributed by atoms with van der Waals surface area (Å²) in [6.07, 6.45) is 1.47. The summed E-state index contributed by atoms with van der Waals surface area (Å²) >= 11 is 1.55. The number of rotatable bonds is 7. The molecule has 3 aromatic rings. The van der Waals surface area contributed by atoms with E-state index in [0.29, 0.717) is 13.0 Å². The maximum absolute atomic E-state index is 12.3. The second-order valence-corrected chi connectivity index (χ2v) is 6.49. The smallest absolute Gasteiger partial charge is 0.328 e. The number of nitrogens with zero attached hydrogens (tertiary/aromatic N) is 1. The van der Waals surface area contributed by atoms with E-state index in [-0.39, 0.29) is 5.97 Å². The molecule has 0 spiro atoms. The molecule has 4 nitrogen and oxygen atoms in total. The van der Waals surface area contributed by atoms with Crippen LogP contribution in [0.3, 0.4) is 0 Å². The molecule has 0 aliphatic heterocycles. The fourth-order valence-electron chi connectivity index (χ4n) is 2.53. The molecule has 124 valence electrons. The molecule has 1 heterocycles. The highest BCUT2D eigenvalue weighted by atomic mass is 32.1. The fraction of sp³-hybridized carbons (Fsp3) is 0.263. The monoisotopic (exact) mass is 340 g/mol. The summed E-state index contributed by atoms with van der Waals surface area (Å²) < 4.78 is 6.32. The molecule has 1 aromatic heterocycles. The van der Waals surface area contributed by atoms with Crippen LogP contribution in [0.4, 0.5) is 5.13 Å². The fourth-order valence-corrected chi connectivity index (χ4v) is 3.45. The lowest BCUT2D eigenvalue weighted by atomic mass is 10.1. The van der Waals surface area contributed by atoms with Crippen LogP contribution in [0.5, 0.6) is 0 Å². The SMILES string of the molecule is CCOC(=O)C(CCc1ccccc1)Nc1nc2ccccc2s1. The van der Waals surface area contributed by atoms with E-state index in [9.17, 15) is 4.79 Å². The van der Waals surface area contributed by atoms with Gasteiger partial charge < -0.3 is 10.1 Å². The van der Waals surface area contributed by atoms with Crippen molar-refractivity contribution in [2.45, 2.75) is 25.8 Å². The van der Waals surface area contributed by atoms with Crippen molar-refractivity contribution in [1.82, 2.24) is 4.98 Å². The van der Waals surface area contributed by atoms with E-state index in [0.717, 1.165) is 21.8 Å². The van der Waals surface area contributed by atoms with Crippen molar-refractivity contribution >= 4 is 32.7 Å². The van der Waals surface area contributed by atoms with Gasteiger partial charge in [0.1, 0.15) is 6.04 Å². The average molecular weight is 340 g/mol. The van der Waals surface area contributed by atoms with Crippen LogP contribution in [0.15, 0.2) is 54.6 Å². The summed E-state index contributed by atoms with van der Waals surface area (Å²) in [6, 6.07) is 17.7. The molecule has 0 fully saturated rings. The first-order chi connectivity index (χ1) is 11.8. The highest BCUT2D eigenvalue weighted by Gasteiger charge is 2.21. The Kier molecular flexibility index (Phi) is 5.43. The number of anilines is 1. The summed E-state index contributed by atoms with van der Waals surface area (Å²) in [5.41, 5.74) is 2.15. The lowest BCUT2D eigenvalue weighted by molar-refractivity contribution is -0.144. The molecule has 0 saturated heterocycles. The number of thiazole rings is 1. The van der Waals surface area contributed by atoms with E-state index in [1.54, 1.807) is 11.3 Å². The highest BCUT2D eigenvalue weighted by Crippen LogP contribution is 2.26. The zero-order chi connectivity index (χ0) is 16.8. The minimum atomic E-state index is -0.397. The number of aromatic nitrogens is 1. The van der Waals surface area contributed by atoms with Crippen molar-refractivity contribution in [3.63, 3.8) is 0 Å². The third-order valence-corrected chi connectivity index (χ3v) is 4.69. The van der Waals surface area contributed by atoms with Gasteiger partial charge in [-0.1, -0.05) is 53.8 Å². The molecule has 0 bridgehead atoms. The van der Waals surface area contributed by atoms with Gasteiger partial charge in [0, 0.05) is 0 Å². The first kappa shape index (κ1) is 16.5. The zero-order valence-corrected chi connectivity index (χ0v) is 14.4. The third-order valence-electron chi connectivity index (χ3n) is 3.73. The Morgan fingerprint density at radius 2 is 1.92 bits per heavy atom. The lowest BCUT2D eigenvalue weighted by Gasteiger charge is -2.16. The van der Waals surface area contributed by atoms with Crippen LogP contribution in [-0.2, 0) is 16.0 Å². The van der Waals surface area contributed by atoms with Crippen LogP contribution < -0.4 is 5.32 Å². The third kappa shape index (κ3) is 4.11. The standard InChI is InChI=1S/C19H20N2O2S/c1-2-23-18(22)16(13-12-14-8-4-3-5-9-14)21-19-20-15-10-6-7-11-17(15)24-19/h3-11,16H,2,12-13H2,1H3,(H,20,21). The van der Waals surface area contributed by atoms with Gasteiger partial charge in [-0.2, -0.15) is 0 Å². The van der Waals surface area contributed by atoms with E-state index in [4.69, 9.17) is 4.74 Å². The second-order valence-electron chi connectivity index (χ2n) is 5.46. The number of carbonyl (C=O) groups excluding carboxylic acids is 1. The summed E-state index contributed by atoms with van der Waals surface area (Å²) in [5, 5.41) is 4.01. The van der Waals surface area contributed by atoms with Gasteiger partial charge in [-0.05, 0) is 37.5 Å². The quantitative estimate of drug-likeness (QED) is 0.653. The van der Waals surface area contributed by atoms with E-state index in [2.05, 4.69) is 22.4 Å². The summed E-state index contributed by atoms with van der Waals surface area (Å²) in [7, 11) is 0. The maximum atomic E-state index is 12.3. The van der Waals surface area contributed by atoms with Gasteiger partial charge in [0.05, 0.1) is 16.8 Å². The van der Waals surface area contributed by atoms with E-state index < -0.39 is 6.04 Å². The number of hydrogen-bond acceptors (Lipinski definition) is 5. The van der Waals surface area contributed by atoms with Gasteiger partial charge in [0.25, 0.3) is 0 Å². The van der Waals surface area contributed by atoms with Crippen molar-refractivity contribution in [2.24, 2.45) is 0 Å². The molecule has 1 N–H and O–H groups in total. The van der Waals surface area contributed by atoms with Crippen molar-refractivity contribution < 1.29 is 9.53 Å². The predicted octanol–water partition coefficient (Wildman–Crippen LogP) is 4.27. The molecule has 0 radical (unpaired) electrons. The second kappa shape index (κ2) is 7.93. The van der Waals surface area contributed by atoms with Crippen LogP contribution in [0.2, 0.25) is 0 Å². The Balaban J connectivity index is 1.72. The first-order valence-electron chi connectivity index (χ1n) is 8.09. The molecule has 2 aromatic carbocycles. The molecular weight excluding hydrogens is 320 g/mol. The average Bonchev–Trinajstić information content (AvgIpc) is 3.02. The Morgan fingerprint density at radius 3 is 2.67 bits per heavy atom. The number of benzene rings is 2. The van der Waals surface area contributed by atoms with Crippen LogP contribution in [0, 0.1) is 0 Å². The van der Waals surface area contributed by atoms with E-state index >= 15 is 0 Å². The minimum Gasteiger partial charge on any atom is -0.464 e. The number of para-hydroxylation sites is 1. The van der Waals surface area contributed by atoms with Crippen LogP contribution >= 0.6 is 11.3 Å². The molecule has 0 aliphatic carbocycles. The number of ether oxygens (including phenoxy) is 1. The van der Waals surface area contributed by atoms with Gasteiger partial charge in [0.15, 0.2) is 5.13 Å². The van der Waals surface area contributed by atoms with Crippen molar-refractivity contribution in [1.29, 1.82) is 0 Å². The number of carbonyl (C=O) groups is 1. The molecule has 0 saturated carbocycles. The zero-order valence-electron chi connectivity index (χ0n) is 13.6. The Morgan fingerprint density at radius 1 is 1.17 bits per heavy atom. The molecular formula is C19H20N2O2S. The summed E-state index contributed by atoms with van der Waals surface area (Å²) in [5.74, 6) is -0.229.